The van der Waals surface area contributed by atoms with E-state index in [1.807, 2.05) is 19.2 Å². The Bertz CT molecular complexity index is 853. The molecule has 3 rings (SSSR count). The van der Waals surface area contributed by atoms with Gasteiger partial charge in [-0.15, -0.1) is 24.0 Å². The van der Waals surface area contributed by atoms with E-state index in [0.717, 1.165) is 37.5 Å². The molecule has 2 aromatic rings. The van der Waals surface area contributed by atoms with Crippen molar-refractivity contribution in [2.75, 3.05) is 38.2 Å². The minimum atomic E-state index is -0.305. The van der Waals surface area contributed by atoms with Crippen LogP contribution in [0.15, 0.2) is 47.6 Å². The van der Waals surface area contributed by atoms with Crippen LogP contribution in [0.2, 0.25) is 0 Å². The summed E-state index contributed by atoms with van der Waals surface area (Å²) in [6.07, 6.45) is 2.80. The molecule has 1 aromatic heterocycles. The van der Waals surface area contributed by atoms with E-state index in [0.29, 0.717) is 24.8 Å². The molecule has 7 nitrogen and oxygen atoms in total. The van der Waals surface area contributed by atoms with E-state index in [-0.39, 0.29) is 42.0 Å². The molecule has 0 bridgehead atoms. The molecule has 2 N–H and O–H groups in total. The van der Waals surface area contributed by atoms with Crippen LogP contribution in [0.5, 0.6) is 5.75 Å². The molecule has 1 aliphatic rings. The molecule has 0 aliphatic carbocycles. The quantitative estimate of drug-likeness (QED) is 0.294. The van der Waals surface area contributed by atoms with E-state index in [1.165, 1.54) is 12.1 Å². The van der Waals surface area contributed by atoms with Crippen molar-refractivity contribution in [3.05, 3.63) is 54.0 Å². The fraction of sp³-hybridized carbons (Fsp3) is 0.478. The predicted molar refractivity (Wildman–Crippen MR) is 137 cm³/mol. The second-order valence-corrected chi connectivity index (χ2v) is 7.56. The highest BCUT2D eigenvalue weighted by molar-refractivity contribution is 14.0. The van der Waals surface area contributed by atoms with Gasteiger partial charge in [0, 0.05) is 38.9 Å². The average molecular weight is 557 g/mol. The Hall–Kier alpha value is -2.14. The van der Waals surface area contributed by atoms with Crippen LogP contribution < -0.4 is 20.3 Å². The van der Waals surface area contributed by atoms with Gasteiger partial charge in [0.05, 0.1) is 19.3 Å². The molecule has 1 aromatic carbocycles. The van der Waals surface area contributed by atoms with Crippen LogP contribution in [-0.2, 0) is 11.3 Å². The van der Waals surface area contributed by atoms with E-state index in [1.54, 1.807) is 19.2 Å². The number of ether oxygens (including phenoxy) is 2. The number of benzene rings is 1. The Balaban J connectivity index is 0.00000363. The Morgan fingerprint density at radius 2 is 2.19 bits per heavy atom. The number of nitrogens with zero attached hydrogens (tertiary/aromatic N) is 3. The first kappa shape index (κ1) is 26.1. The van der Waals surface area contributed by atoms with Crippen molar-refractivity contribution >= 4 is 35.8 Å². The summed E-state index contributed by atoms with van der Waals surface area (Å²) in [5.74, 6) is 1.87. The second kappa shape index (κ2) is 13.4. The minimum Gasteiger partial charge on any atom is -0.489 e. The van der Waals surface area contributed by atoms with Crippen LogP contribution in [0.3, 0.4) is 0 Å². The highest BCUT2D eigenvalue weighted by atomic mass is 127. The van der Waals surface area contributed by atoms with Gasteiger partial charge in [0.1, 0.15) is 23.5 Å². The number of aliphatic imine (C=N–C) groups is 1. The van der Waals surface area contributed by atoms with E-state index in [9.17, 15) is 4.39 Å². The lowest BCUT2D eigenvalue weighted by Crippen LogP contribution is -2.42. The largest absolute Gasteiger partial charge is 0.489 e. The molecule has 2 unspecified atom stereocenters. The van der Waals surface area contributed by atoms with Gasteiger partial charge in [0.25, 0.3) is 0 Å². The van der Waals surface area contributed by atoms with Crippen LogP contribution in [0.4, 0.5) is 10.2 Å². The number of nitrogens with one attached hydrogen (secondary N) is 2. The SMILES string of the molecule is CCC(CNC(=NC)NCc1ccc(N2CCOC(C)C2)nc1)Oc1cccc(F)c1.I. The molecule has 32 heavy (non-hydrogen) atoms. The number of anilines is 1. The molecular formula is C23H33FIN5O2. The van der Waals surface area contributed by atoms with Crippen LogP contribution in [-0.4, -0.2) is 56.4 Å². The van der Waals surface area contributed by atoms with Gasteiger partial charge < -0.3 is 25.0 Å². The third-order valence-electron chi connectivity index (χ3n) is 5.11. The summed E-state index contributed by atoms with van der Waals surface area (Å²) in [7, 11) is 1.73. The van der Waals surface area contributed by atoms with Crippen molar-refractivity contribution in [3.8, 4) is 5.75 Å². The molecule has 9 heteroatoms. The van der Waals surface area contributed by atoms with Gasteiger partial charge in [-0.05, 0) is 37.1 Å². The van der Waals surface area contributed by atoms with Crippen LogP contribution in [0.25, 0.3) is 0 Å². The van der Waals surface area contributed by atoms with E-state index in [2.05, 4.69) is 38.5 Å². The van der Waals surface area contributed by atoms with E-state index < -0.39 is 0 Å². The zero-order valence-electron chi connectivity index (χ0n) is 18.9. The molecule has 176 valence electrons. The number of halogens is 2. The molecule has 1 aliphatic heterocycles. The maximum absolute atomic E-state index is 13.4. The van der Waals surface area contributed by atoms with Crippen molar-refractivity contribution < 1.29 is 13.9 Å². The van der Waals surface area contributed by atoms with Crippen molar-refractivity contribution in [1.29, 1.82) is 0 Å². The molecular weight excluding hydrogens is 524 g/mol. The van der Waals surface area contributed by atoms with Gasteiger partial charge in [0.2, 0.25) is 0 Å². The molecule has 2 heterocycles. The zero-order valence-corrected chi connectivity index (χ0v) is 21.2. The van der Waals surface area contributed by atoms with E-state index >= 15 is 0 Å². The van der Waals surface area contributed by atoms with Crippen LogP contribution in [0.1, 0.15) is 25.8 Å². The first-order valence-corrected chi connectivity index (χ1v) is 10.8. The molecule has 0 spiro atoms. The van der Waals surface area contributed by atoms with Gasteiger partial charge in [-0.1, -0.05) is 19.1 Å². The number of aromatic nitrogens is 1. The van der Waals surface area contributed by atoms with Gasteiger partial charge in [-0.25, -0.2) is 9.37 Å². The number of hydrogen-bond acceptors (Lipinski definition) is 5. The lowest BCUT2D eigenvalue weighted by Gasteiger charge is -2.32. The maximum Gasteiger partial charge on any atom is 0.191 e. The third kappa shape index (κ3) is 8.09. The molecule has 2 atom stereocenters. The lowest BCUT2D eigenvalue weighted by molar-refractivity contribution is 0.0529. The molecule has 1 saturated heterocycles. The smallest absolute Gasteiger partial charge is 0.191 e. The molecule has 0 radical (unpaired) electrons. The fourth-order valence-corrected chi connectivity index (χ4v) is 3.35. The number of pyridine rings is 1. The topological polar surface area (TPSA) is 71.0 Å². The molecule has 0 saturated carbocycles. The summed E-state index contributed by atoms with van der Waals surface area (Å²) < 4.78 is 24.8. The van der Waals surface area contributed by atoms with Gasteiger partial charge >= 0.3 is 0 Å². The first-order chi connectivity index (χ1) is 15.1. The predicted octanol–water partition coefficient (Wildman–Crippen LogP) is 3.59. The minimum absolute atomic E-state index is 0. The summed E-state index contributed by atoms with van der Waals surface area (Å²) in [6, 6.07) is 10.3. The third-order valence-corrected chi connectivity index (χ3v) is 5.11. The van der Waals surface area contributed by atoms with Crippen molar-refractivity contribution in [1.82, 2.24) is 15.6 Å². The number of hydrogen-bond donors (Lipinski definition) is 2. The fourth-order valence-electron chi connectivity index (χ4n) is 3.35. The molecule has 1 fully saturated rings. The van der Waals surface area contributed by atoms with Crippen LogP contribution >= 0.6 is 24.0 Å². The Labute approximate surface area is 206 Å². The van der Waals surface area contributed by atoms with Crippen molar-refractivity contribution in [2.24, 2.45) is 4.99 Å². The number of guanidine groups is 1. The average Bonchev–Trinajstić information content (AvgIpc) is 2.78. The van der Waals surface area contributed by atoms with Gasteiger partial charge in [-0.3, -0.25) is 4.99 Å². The molecule has 0 amide bonds. The zero-order chi connectivity index (χ0) is 22.1. The highest BCUT2D eigenvalue weighted by Crippen LogP contribution is 2.16. The summed E-state index contributed by atoms with van der Waals surface area (Å²) in [4.78, 5) is 11.1. The van der Waals surface area contributed by atoms with E-state index in [4.69, 9.17) is 9.47 Å². The van der Waals surface area contributed by atoms with Gasteiger partial charge in [0.15, 0.2) is 5.96 Å². The summed E-state index contributed by atoms with van der Waals surface area (Å²) in [5.41, 5.74) is 1.07. The Kier molecular flexibility index (Phi) is 10.9. The number of morpholine rings is 1. The number of rotatable bonds is 8. The summed E-state index contributed by atoms with van der Waals surface area (Å²) >= 11 is 0. The maximum atomic E-state index is 13.4. The first-order valence-electron chi connectivity index (χ1n) is 10.8. The van der Waals surface area contributed by atoms with Crippen molar-refractivity contribution in [3.63, 3.8) is 0 Å². The Morgan fingerprint density at radius 3 is 2.84 bits per heavy atom. The van der Waals surface area contributed by atoms with Gasteiger partial charge in [-0.2, -0.15) is 0 Å². The standard InChI is InChI=1S/C23H32FN5O2.HI/c1-4-20(31-21-7-5-6-19(24)12-21)15-28-23(25-3)27-14-18-8-9-22(26-13-18)29-10-11-30-17(2)16-29;/h5-9,12-13,17,20H,4,10-11,14-16H2,1-3H3,(H2,25,27,28);1H. The lowest BCUT2D eigenvalue weighted by atomic mass is 10.2. The summed E-state index contributed by atoms with van der Waals surface area (Å²) in [5, 5.41) is 6.57. The van der Waals surface area contributed by atoms with Crippen molar-refractivity contribution in [2.45, 2.75) is 39.0 Å². The normalized spacial score (nSPS) is 17.3. The highest BCUT2D eigenvalue weighted by Gasteiger charge is 2.17. The Morgan fingerprint density at radius 1 is 1.34 bits per heavy atom. The van der Waals surface area contributed by atoms with Crippen LogP contribution in [0, 0.1) is 5.82 Å². The summed E-state index contributed by atoms with van der Waals surface area (Å²) in [6.45, 7) is 7.72. The second-order valence-electron chi connectivity index (χ2n) is 7.56. The monoisotopic (exact) mass is 557 g/mol.